The van der Waals surface area contributed by atoms with Gasteiger partial charge in [0.15, 0.2) is 0 Å². The minimum Gasteiger partial charge on any atom is -0.387 e. The van der Waals surface area contributed by atoms with Crippen LogP contribution in [0.1, 0.15) is 290 Å². The first-order chi connectivity index (χ1) is 32.5. The summed E-state index contributed by atoms with van der Waals surface area (Å²) in [5.74, 6) is 0. The molecule has 0 aromatic rings. The molecular formula is C63H117NO2. The summed E-state index contributed by atoms with van der Waals surface area (Å²) in [6.45, 7) is 8.76. The quantitative estimate of drug-likeness (QED) is 0.0487. The van der Waals surface area contributed by atoms with Gasteiger partial charge in [0.1, 0.15) is 0 Å². The van der Waals surface area contributed by atoms with E-state index in [0.717, 1.165) is 77.4 Å². The number of allylic oxidation sites excluding steroid dienone is 12. The van der Waals surface area contributed by atoms with Gasteiger partial charge in [-0.25, -0.2) is 0 Å². The van der Waals surface area contributed by atoms with E-state index in [9.17, 15) is 5.11 Å². The molecule has 0 aliphatic heterocycles. The maximum atomic E-state index is 12.6. The van der Waals surface area contributed by atoms with Crippen LogP contribution >= 0.6 is 0 Å². The maximum absolute atomic E-state index is 12.6. The third-order valence-electron chi connectivity index (χ3n) is 13.5. The number of ether oxygens (including phenoxy) is 1. The summed E-state index contributed by atoms with van der Waals surface area (Å²) in [5, 5.41) is 12.6. The Morgan fingerprint density at radius 2 is 0.667 bits per heavy atom. The van der Waals surface area contributed by atoms with Crippen LogP contribution in [0.15, 0.2) is 72.9 Å². The summed E-state index contributed by atoms with van der Waals surface area (Å²) in [6.07, 6.45) is 79.9. The van der Waals surface area contributed by atoms with Crippen LogP contribution in [0.3, 0.4) is 0 Å². The zero-order valence-corrected chi connectivity index (χ0v) is 45.4. The lowest BCUT2D eigenvalue weighted by atomic mass is 9.82. The van der Waals surface area contributed by atoms with Gasteiger partial charge in [-0.2, -0.15) is 0 Å². The van der Waals surface area contributed by atoms with Gasteiger partial charge >= 0.3 is 0 Å². The second-order valence-corrected chi connectivity index (χ2v) is 20.4. The van der Waals surface area contributed by atoms with Gasteiger partial charge in [0.2, 0.25) is 0 Å². The van der Waals surface area contributed by atoms with Crippen LogP contribution in [0.25, 0.3) is 0 Å². The molecule has 0 fully saturated rings. The highest BCUT2D eigenvalue weighted by Gasteiger charge is 2.36. The molecule has 0 aliphatic rings. The van der Waals surface area contributed by atoms with Crippen LogP contribution in [0.2, 0.25) is 0 Å². The van der Waals surface area contributed by atoms with Crippen molar-refractivity contribution in [3.05, 3.63) is 72.9 Å². The lowest BCUT2D eigenvalue weighted by Gasteiger charge is -2.37. The fourth-order valence-corrected chi connectivity index (χ4v) is 9.04. The van der Waals surface area contributed by atoms with E-state index in [-0.39, 0.29) is 6.10 Å². The van der Waals surface area contributed by atoms with Crippen LogP contribution in [-0.4, -0.2) is 49.0 Å². The molecule has 1 N–H and O–H groups in total. The average molecular weight is 921 g/mol. The monoisotopic (exact) mass is 920 g/mol. The summed E-state index contributed by atoms with van der Waals surface area (Å²) in [7, 11) is 4.36. The fraction of sp³-hybridized carbons (Fsp3) is 0.810. The van der Waals surface area contributed by atoms with Gasteiger partial charge in [-0.05, 0) is 149 Å². The standard InChI is InChI=1S/C63H117NO2/c1-6-9-12-15-18-21-24-27-30-33-36-39-42-45-48-53-58-63(65,59-54-49-46-43-40-37-34-31-28-25-22-19-16-13-10-7-2)62(57-52-51-55-60-64(4)5)66-61-56-50-47-44-41-38-35-32-29-26-23-20-17-14-11-8-3/h18-23,27-32,62,65H,6-17,24-26,33-61H2,1-5H3/b21-18-,22-19-,23-20-,30-27-,31-28-,32-29-. The highest BCUT2D eigenvalue weighted by atomic mass is 16.5. The topological polar surface area (TPSA) is 32.7 Å². The first kappa shape index (κ1) is 64.3. The normalized spacial score (nSPS) is 13.3. The summed E-state index contributed by atoms with van der Waals surface area (Å²) in [6, 6.07) is 0. The van der Waals surface area contributed by atoms with E-state index in [2.05, 4.69) is 113 Å². The Kier molecular flexibility index (Phi) is 52.9. The Balaban J connectivity index is 4.98. The lowest BCUT2D eigenvalue weighted by molar-refractivity contribution is -0.124. The highest BCUT2D eigenvalue weighted by molar-refractivity contribution is 4.95. The maximum Gasteiger partial charge on any atom is 0.0908 e. The fourth-order valence-electron chi connectivity index (χ4n) is 9.04. The second kappa shape index (κ2) is 54.3. The Morgan fingerprint density at radius 1 is 0.364 bits per heavy atom. The van der Waals surface area contributed by atoms with Crippen molar-refractivity contribution in [2.24, 2.45) is 0 Å². The molecule has 0 bridgehead atoms. The van der Waals surface area contributed by atoms with Crippen molar-refractivity contribution in [2.45, 2.75) is 302 Å². The predicted molar refractivity (Wildman–Crippen MR) is 299 cm³/mol. The van der Waals surface area contributed by atoms with E-state index in [0.29, 0.717) is 0 Å². The van der Waals surface area contributed by atoms with Crippen LogP contribution in [-0.2, 0) is 4.74 Å². The minimum atomic E-state index is -0.704. The van der Waals surface area contributed by atoms with Crippen molar-refractivity contribution in [1.82, 2.24) is 4.90 Å². The lowest BCUT2D eigenvalue weighted by Crippen LogP contribution is -2.44. The molecule has 0 aromatic heterocycles. The molecule has 3 heteroatoms. The van der Waals surface area contributed by atoms with Crippen LogP contribution in [0.4, 0.5) is 0 Å². The number of rotatable bonds is 53. The third kappa shape index (κ3) is 48.8. The molecule has 0 rings (SSSR count). The number of nitrogens with zero attached hydrogens (tertiary/aromatic N) is 1. The molecule has 0 aromatic carbocycles. The molecule has 66 heavy (non-hydrogen) atoms. The molecular weight excluding hydrogens is 803 g/mol. The first-order valence-corrected chi connectivity index (χ1v) is 29.4. The first-order valence-electron chi connectivity index (χ1n) is 29.4. The molecule has 0 saturated carbocycles. The molecule has 1 atom stereocenters. The second-order valence-electron chi connectivity index (χ2n) is 20.4. The average Bonchev–Trinajstić information content (AvgIpc) is 3.31. The molecule has 3 nitrogen and oxygen atoms in total. The van der Waals surface area contributed by atoms with Crippen molar-refractivity contribution in [3.63, 3.8) is 0 Å². The Bertz CT molecular complexity index is 1070. The van der Waals surface area contributed by atoms with Crippen molar-refractivity contribution < 1.29 is 9.84 Å². The summed E-state index contributed by atoms with van der Waals surface area (Å²) in [4.78, 5) is 2.30. The largest absolute Gasteiger partial charge is 0.387 e. The predicted octanol–water partition coefficient (Wildman–Crippen LogP) is 20.4. The Morgan fingerprint density at radius 3 is 1.02 bits per heavy atom. The van der Waals surface area contributed by atoms with Crippen LogP contribution in [0, 0.1) is 0 Å². The zero-order valence-electron chi connectivity index (χ0n) is 45.4. The number of hydrogen-bond donors (Lipinski definition) is 1. The molecule has 386 valence electrons. The van der Waals surface area contributed by atoms with Gasteiger partial charge in [0, 0.05) is 6.61 Å². The van der Waals surface area contributed by atoms with Gasteiger partial charge in [0.05, 0.1) is 11.7 Å². The zero-order chi connectivity index (χ0) is 48.0. The molecule has 0 radical (unpaired) electrons. The SMILES string of the molecule is CCCCC/C=C\C/C=C\CCCCCCCCOC(CCCCCN(C)C)C(O)(CCCCCCCC/C=C\C/C=C\CCCCC)CCCCCCCC/C=C\C/C=C\CCCCC. The summed E-state index contributed by atoms with van der Waals surface area (Å²) < 4.78 is 6.82. The van der Waals surface area contributed by atoms with Gasteiger partial charge in [-0.3, -0.25) is 0 Å². The summed E-state index contributed by atoms with van der Waals surface area (Å²) in [5.41, 5.74) is -0.704. The number of hydrogen-bond acceptors (Lipinski definition) is 3. The van der Waals surface area contributed by atoms with Crippen LogP contribution in [0.5, 0.6) is 0 Å². The van der Waals surface area contributed by atoms with E-state index < -0.39 is 5.60 Å². The van der Waals surface area contributed by atoms with Gasteiger partial charge < -0.3 is 14.7 Å². The van der Waals surface area contributed by atoms with E-state index in [1.54, 1.807) is 0 Å². The molecule has 0 aliphatic carbocycles. The van der Waals surface area contributed by atoms with Crippen molar-refractivity contribution in [1.29, 1.82) is 0 Å². The number of unbranched alkanes of at least 4 members (excludes halogenated alkanes) is 29. The summed E-state index contributed by atoms with van der Waals surface area (Å²) >= 11 is 0. The smallest absolute Gasteiger partial charge is 0.0908 e. The van der Waals surface area contributed by atoms with Crippen LogP contribution < -0.4 is 0 Å². The van der Waals surface area contributed by atoms with E-state index in [1.807, 2.05) is 0 Å². The Hall–Kier alpha value is -1.68. The van der Waals surface area contributed by atoms with Gasteiger partial charge in [-0.15, -0.1) is 0 Å². The van der Waals surface area contributed by atoms with Gasteiger partial charge in [0.25, 0.3) is 0 Å². The van der Waals surface area contributed by atoms with Gasteiger partial charge in [-0.1, -0.05) is 235 Å². The van der Waals surface area contributed by atoms with Crippen molar-refractivity contribution >= 4 is 0 Å². The molecule has 0 saturated heterocycles. The molecule has 1 unspecified atom stereocenters. The third-order valence-corrected chi connectivity index (χ3v) is 13.5. The van der Waals surface area contributed by atoms with E-state index >= 15 is 0 Å². The van der Waals surface area contributed by atoms with E-state index in [4.69, 9.17) is 4.74 Å². The van der Waals surface area contributed by atoms with Crippen molar-refractivity contribution in [2.75, 3.05) is 27.2 Å². The van der Waals surface area contributed by atoms with Crippen molar-refractivity contribution in [3.8, 4) is 0 Å². The number of aliphatic hydroxyl groups is 1. The molecule has 0 amide bonds. The van der Waals surface area contributed by atoms with E-state index in [1.165, 1.54) is 205 Å². The Labute approximate surface area is 415 Å². The molecule has 0 heterocycles. The highest BCUT2D eigenvalue weighted by Crippen LogP contribution is 2.32. The minimum absolute atomic E-state index is 0.0363. The molecule has 0 spiro atoms.